The molecule has 7 nitrogen and oxygen atoms in total. The average Bonchev–Trinajstić information content (AvgIpc) is 2.77. The predicted octanol–water partition coefficient (Wildman–Crippen LogP) is 1.19. The van der Waals surface area contributed by atoms with Crippen molar-refractivity contribution >= 4 is 15.9 Å². The first-order chi connectivity index (χ1) is 9.38. The first kappa shape index (κ1) is 14.5. The van der Waals surface area contributed by atoms with E-state index >= 15 is 0 Å². The highest BCUT2D eigenvalue weighted by Crippen LogP contribution is 2.20. The van der Waals surface area contributed by atoms with Gasteiger partial charge in [-0.05, 0) is 18.6 Å². The van der Waals surface area contributed by atoms with Crippen molar-refractivity contribution in [2.45, 2.75) is 13.3 Å². The summed E-state index contributed by atoms with van der Waals surface area (Å²) in [6.07, 6.45) is 0.368. The van der Waals surface area contributed by atoms with E-state index in [2.05, 4.69) is 14.9 Å². The van der Waals surface area contributed by atoms with Crippen molar-refractivity contribution in [3.8, 4) is 0 Å². The normalized spacial score (nSPS) is 11.8. The number of nitrogens with zero attached hydrogens (tertiary/aromatic N) is 3. The summed E-state index contributed by atoms with van der Waals surface area (Å²) in [4.78, 5) is 4.11. The van der Waals surface area contributed by atoms with Crippen LogP contribution in [0.25, 0.3) is 0 Å². The number of para-hydroxylation sites is 1. The van der Waals surface area contributed by atoms with Gasteiger partial charge in [-0.25, -0.2) is 0 Å². The van der Waals surface area contributed by atoms with Crippen molar-refractivity contribution in [3.05, 3.63) is 41.5 Å². The highest BCUT2D eigenvalue weighted by atomic mass is 32.2. The molecule has 20 heavy (non-hydrogen) atoms. The lowest BCUT2D eigenvalue weighted by Crippen LogP contribution is -2.29. The van der Waals surface area contributed by atoms with E-state index in [-0.39, 0.29) is 0 Å². The second-order valence-corrected chi connectivity index (χ2v) is 6.34. The molecule has 0 amide bonds. The highest BCUT2D eigenvalue weighted by Gasteiger charge is 2.16. The molecule has 1 N–H and O–H groups in total. The summed E-state index contributed by atoms with van der Waals surface area (Å²) in [6.45, 7) is 1.73. The van der Waals surface area contributed by atoms with E-state index in [4.69, 9.17) is 4.52 Å². The molecule has 0 unspecified atom stereocenters. The van der Waals surface area contributed by atoms with Gasteiger partial charge in [-0.15, -0.1) is 0 Å². The summed E-state index contributed by atoms with van der Waals surface area (Å²) in [5.41, 5.74) is 1.26. The Labute approximate surface area is 117 Å². The smallest absolute Gasteiger partial charge is 0.301 e. The van der Waals surface area contributed by atoms with Gasteiger partial charge < -0.3 is 4.52 Å². The molecule has 2 aromatic rings. The molecule has 0 aliphatic heterocycles. The Bertz CT molecular complexity index is 694. The van der Waals surface area contributed by atoms with Crippen molar-refractivity contribution in [2.75, 3.05) is 18.8 Å². The summed E-state index contributed by atoms with van der Waals surface area (Å²) >= 11 is 0. The van der Waals surface area contributed by atoms with Gasteiger partial charge >= 0.3 is 10.2 Å². The number of aryl methyl sites for hydroxylation is 1. The molecule has 1 heterocycles. The highest BCUT2D eigenvalue weighted by molar-refractivity contribution is 7.90. The minimum atomic E-state index is -3.54. The fraction of sp³-hybridized carbons (Fsp3) is 0.333. The van der Waals surface area contributed by atoms with Gasteiger partial charge in [0, 0.05) is 14.1 Å². The Morgan fingerprint density at radius 2 is 2.00 bits per heavy atom. The fourth-order valence-corrected chi connectivity index (χ4v) is 2.24. The first-order valence-corrected chi connectivity index (χ1v) is 7.40. The quantitative estimate of drug-likeness (QED) is 0.895. The molecule has 0 saturated heterocycles. The van der Waals surface area contributed by atoms with E-state index in [0.29, 0.717) is 23.8 Å². The van der Waals surface area contributed by atoms with Crippen LogP contribution in [0, 0.1) is 6.92 Å². The van der Waals surface area contributed by atoms with Gasteiger partial charge in [0.25, 0.3) is 0 Å². The topological polar surface area (TPSA) is 88.3 Å². The van der Waals surface area contributed by atoms with Gasteiger partial charge in [-0.3, -0.25) is 4.72 Å². The minimum Gasteiger partial charge on any atom is -0.339 e. The Balaban J connectivity index is 2.27. The number of rotatable bonds is 5. The molecule has 0 spiro atoms. The summed E-state index contributed by atoms with van der Waals surface area (Å²) in [5, 5.41) is 3.71. The van der Waals surface area contributed by atoms with Crippen molar-refractivity contribution in [3.63, 3.8) is 0 Å². The number of benzene rings is 1. The third-order valence-electron chi connectivity index (χ3n) is 2.65. The third-order valence-corrected chi connectivity index (χ3v) is 4.09. The van der Waals surface area contributed by atoms with Gasteiger partial charge in [-0.2, -0.15) is 17.7 Å². The van der Waals surface area contributed by atoms with Gasteiger partial charge in [0.1, 0.15) is 0 Å². The van der Waals surface area contributed by atoms with Crippen LogP contribution in [0.1, 0.15) is 17.3 Å². The van der Waals surface area contributed by atoms with E-state index in [0.717, 1.165) is 9.87 Å². The molecule has 0 aliphatic carbocycles. The molecule has 1 aromatic heterocycles. The molecule has 0 bridgehead atoms. The average molecular weight is 296 g/mol. The number of aromatic nitrogens is 2. The maximum Gasteiger partial charge on any atom is 0.301 e. The largest absolute Gasteiger partial charge is 0.339 e. The zero-order valence-electron chi connectivity index (χ0n) is 11.5. The number of anilines is 1. The number of hydrogen-bond acceptors (Lipinski definition) is 5. The molecule has 0 atom stereocenters. The number of nitrogens with one attached hydrogen (secondary N) is 1. The molecule has 0 fully saturated rings. The lowest BCUT2D eigenvalue weighted by molar-refractivity contribution is 0.381. The SMILES string of the molecule is Cc1noc(Cc2ccccc2NS(=O)(=O)N(C)C)n1. The molecule has 108 valence electrons. The molecule has 8 heteroatoms. The van der Waals surface area contributed by atoms with Crippen LogP contribution in [-0.4, -0.2) is 37.0 Å². The lowest BCUT2D eigenvalue weighted by Gasteiger charge is -2.15. The van der Waals surface area contributed by atoms with E-state index in [9.17, 15) is 8.42 Å². The fourth-order valence-electron chi connectivity index (χ4n) is 1.58. The van der Waals surface area contributed by atoms with Gasteiger partial charge in [0.05, 0.1) is 12.1 Å². The maximum atomic E-state index is 11.9. The summed E-state index contributed by atoms with van der Waals surface area (Å²) in [6, 6.07) is 7.09. The van der Waals surface area contributed by atoms with Crippen molar-refractivity contribution < 1.29 is 12.9 Å². The van der Waals surface area contributed by atoms with Crippen LogP contribution in [0.3, 0.4) is 0 Å². The molecule has 0 aliphatic rings. The van der Waals surface area contributed by atoms with E-state index in [1.165, 1.54) is 14.1 Å². The molecule has 2 rings (SSSR count). The van der Waals surface area contributed by atoms with Gasteiger partial charge in [0.15, 0.2) is 5.82 Å². The summed E-state index contributed by atoms with van der Waals surface area (Å²) < 4.78 is 32.4. The van der Waals surface area contributed by atoms with Crippen molar-refractivity contribution in [1.29, 1.82) is 0 Å². The van der Waals surface area contributed by atoms with Crippen LogP contribution >= 0.6 is 0 Å². The van der Waals surface area contributed by atoms with Crippen LogP contribution in [-0.2, 0) is 16.6 Å². The predicted molar refractivity (Wildman–Crippen MR) is 74.5 cm³/mol. The third kappa shape index (κ3) is 3.34. The Morgan fingerprint density at radius 1 is 1.30 bits per heavy atom. The standard InChI is InChI=1S/C12H16N4O3S/c1-9-13-12(19-14-9)8-10-6-4-5-7-11(10)15-20(17,18)16(2)3/h4-7,15H,8H2,1-3H3. The van der Waals surface area contributed by atoms with Crippen molar-refractivity contribution in [2.24, 2.45) is 0 Å². The van der Waals surface area contributed by atoms with E-state index in [1.807, 2.05) is 12.1 Å². The summed E-state index contributed by atoms with van der Waals surface area (Å²) in [7, 11) is -0.615. The Hall–Kier alpha value is -1.93. The Morgan fingerprint density at radius 3 is 2.60 bits per heavy atom. The first-order valence-electron chi connectivity index (χ1n) is 5.96. The molecular weight excluding hydrogens is 280 g/mol. The Kier molecular flexibility index (Phi) is 4.05. The van der Waals surface area contributed by atoms with Crippen LogP contribution in [0.15, 0.2) is 28.8 Å². The second kappa shape index (κ2) is 5.59. The molecule has 0 saturated carbocycles. The number of hydrogen-bond donors (Lipinski definition) is 1. The van der Waals surface area contributed by atoms with Crippen LogP contribution < -0.4 is 4.72 Å². The zero-order valence-corrected chi connectivity index (χ0v) is 12.3. The second-order valence-electron chi connectivity index (χ2n) is 4.46. The van der Waals surface area contributed by atoms with E-state index < -0.39 is 10.2 Å². The maximum absolute atomic E-state index is 11.9. The lowest BCUT2D eigenvalue weighted by atomic mass is 10.1. The summed E-state index contributed by atoms with van der Waals surface area (Å²) in [5.74, 6) is 0.991. The van der Waals surface area contributed by atoms with Gasteiger partial charge in [0.2, 0.25) is 5.89 Å². The monoisotopic (exact) mass is 296 g/mol. The van der Waals surface area contributed by atoms with Crippen LogP contribution in [0.5, 0.6) is 0 Å². The van der Waals surface area contributed by atoms with E-state index in [1.54, 1.807) is 19.1 Å². The molecular formula is C12H16N4O3S. The molecule has 0 radical (unpaired) electrons. The minimum absolute atomic E-state index is 0.368. The van der Waals surface area contributed by atoms with Gasteiger partial charge in [-0.1, -0.05) is 23.4 Å². The van der Waals surface area contributed by atoms with Crippen LogP contribution in [0.4, 0.5) is 5.69 Å². The van der Waals surface area contributed by atoms with Crippen molar-refractivity contribution in [1.82, 2.24) is 14.4 Å². The van der Waals surface area contributed by atoms with Crippen LogP contribution in [0.2, 0.25) is 0 Å². The molecule has 1 aromatic carbocycles. The zero-order chi connectivity index (χ0) is 14.8.